The summed E-state index contributed by atoms with van der Waals surface area (Å²) in [5.41, 5.74) is 6.40. The molecule has 0 aliphatic carbocycles. The molecular formula is C11H10BrN3O. The third-order valence-electron chi connectivity index (χ3n) is 2.01. The van der Waals surface area contributed by atoms with Gasteiger partial charge in [-0.25, -0.2) is 0 Å². The first-order chi connectivity index (χ1) is 7.79. The summed E-state index contributed by atoms with van der Waals surface area (Å²) in [6.07, 6.45) is 1.59. The number of ether oxygens (including phenoxy) is 1. The van der Waals surface area contributed by atoms with Gasteiger partial charge in [-0.05, 0) is 30.3 Å². The van der Waals surface area contributed by atoms with E-state index in [1.807, 2.05) is 24.3 Å². The Kier molecular flexibility index (Phi) is 3.48. The molecule has 0 saturated carbocycles. The third-order valence-corrected chi connectivity index (χ3v) is 2.54. The molecule has 0 bridgehead atoms. The molecule has 16 heavy (non-hydrogen) atoms. The quantitative estimate of drug-likeness (QED) is 0.938. The number of hydrogen-bond donors (Lipinski definition) is 1. The zero-order chi connectivity index (χ0) is 11.4. The van der Waals surface area contributed by atoms with Crippen LogP contribution in [0.3, 0.4) is 0 Å². The summed E-state index contributed by atoms with van der Waals surface area (Å²) in [4.78, 5) is 0. The van der Waals surface area contributed by atoms with Gasteiger partial charge in [-0.1, -0.05) is 15.9 Å². The van der Waals surface area contributed by atoms with E-state index < -0.39 is 0 Å². The van der Waals surface area contributed by atoms with Crippen molar-refractivity contribution in [2.24, 2.45) is 5.73 Å². The van der Waals surface area contributed by atoms with Crippen molar-refractivity contribution in [3.05, 3.63) is 46.6 Å². The van der Waals surface area contributed by atoms with Gasteiger partial charge in [-0.2, -0.15) is 5.10 Å². The summed E-state index contributed by atoms with van der Waals surface area (Å²) in [5.74, 6) is 1.16. The lowest BCUT2D eigenvalue weighted by molar-refractivity contribution is 0.448. The predicted molar refractivity (Wildman–Crippen MR) is 64.1 cm³/mol. The summed E-state index contributed by atoms with van der Waals surface area (Å²) in [6, 6.07) is 9.28. The summed E-state index contributed by atoms with van der Waals surface area (Å²) >= 11 is 3.36. The first-order valence-corrected chi connectivity index (χ1v) is 5.53. The molecule has 0 spiro atoms. The average molecular weight is 280 g/mol. The zero-order valence-corrected chi connectivity index (χ0v) is 10.0. The van der Waals surface area contributed by atoms with Gasteiger partial charge >= 0.3 is 0 Å². The van der Waals surface area contributed by atoms with Crippen molar-refractivity contribution in [3.8, 4) is 11.6 Å². The van der Waals surface area contributed by atoms with E-state index in [1.165, 1.54) is 0 Å². The molecule has 0 aliphatic rings. The molecule has 0 aliphatic heterocycles. The van der Waals surface area contributed by atoms with Gasteiger partial charge in [-0.3, -0.25) is 0 Å². The molecule has 1 aromatic heterocycles. The molecule has 1 heterocycles. The first kappa shape index (κ1) is 11.0. The van der Waals surface area contributed by atoms with Crippen LogP contribution < -0.4 is 10.5 Å². The SMILES string of the molecule is NCc1ccnnc1Oc1ccc(Br)cc1. The Morgan fingerprint density at radius 3 is 2.62 bits per heavy atom. The van der Waals surface area contributed by atoms with Crippen LogP contribution in [0, 0.1) is 0 Å². The smallest absolute Gasteiger partial charge is 0.243 e. The number of benzene rings is 1. The minimum Gasteiger partial charge on any atom is -0.437 e. The molecule has 2 aromatic rings. The topological polar surface area (TPSA) is 61.0 Å². The Labute approximate surface area is 102 Å². The lowest BCUT2D eigenvalue weighted by atomic mass is 10.3. The second-order valence-corrected chi connectivity index (χ2v) is 4.04. The third kappa shape index (κ3) is 2.56. The van der Waals surface area contributed by atoms with Crippen molar-refractivity contribution in [2.75, 3.05) is 0 Å². The fourth-order valence-corrected chi connectivity index (χ4v) is 1.46. The van der Waals surface area contributed by atoms with Crippen LogP contribution in [0.15, 0.2) is 41.0 Å². The lowest BCUT2D eigenvalue weighted by Gasteiger charge is -2.07. The van der Waals surface area contributed by atoms with E-state index in [0.29, 0.717) is 18.2 Å². The largest absolute Gasteiger partial charge is 0.437 e. The van der Waals surface area contributed by atoms with Crippen molar-refractivity contribution in [2.45, 2.75) is 6.54 Å². The van der Waals surface area contributed by atoms with Crippen molar-refractivity contribution >= 4 is 15.9 Å². The zero-order valence-electron chi connectivity index (χ0n) is 8.43. The van der Waals surface area contributed by atoms with E-state index in [-0.39, 0.29) is 0 Å². The second-order valence-electron chi connectivity index (χ2n) is 3.12. The van der Waals surface area contributed by atoms with Crippen LogP contribution in [0.4, 0.5) is 0 Å². The van der Waals surface area contributed by atoms with Crippen LogP contribution >= 0.6 is 15.9 Å². The van der Waals surface area contributed by atoms with Crippen molar-refractivity contribution in [1.29, 1.82) is 0 Å². The van der Waals surface area contributed by atoms with Gasteiger partial charge in [0.25, 0.3) is 0 Å². The number of aromatic nitrogens is 2. The Hall–Kier alpha value is -1.46. The van der Waals surface area contributed by atoms with E-state index in [1.54, 1.807) is 12.3 Å². The molecule has 0 saturated heterocycles. The summed E-state index contributed by atoms with van der Waals surface area (Å²) in [7, 11) is 0. The fourth-order valence-electron chi connectivity index (χ4n) is 1.20. The summed E-state index contributed by atoms with van der Waals surface area (Å²) < 4.78 is 6.58. The van der Waals surface area contributed by atoms with Crippen LogP contribution in [0.25, 0.3) is 0 Å². The molecule has 1 aromatic carbocycles. The number of nitrogens with zero attached hydrogens (tertiary/aromatic N) is 2. The predicted octanol–water partition coefficient (Wildman–Crippen LogP) is 2.49. The van der Waals surface area contributed by atoms with Gasteiger partial charge in [0.1, 0.15) is 5.75 Å². The van der Waals surface area contributed by atoms with E-state index in [9.17, 15) is 0 Å². The van der Waals surface area contributed by atoms with Gasteiger partial charge < -0.3 is 10.5 Å². The van der Waals surface area contributed by atoms with E-state index in [2.05, 4.69) is 26.1 Å². The maximum atomic E-state index is 5.58. The normalized spacial score (nSPS) is 10.1. The van der Waals surface area contributed by atoms with E-state index in [4.69, 9.17) is 10.5 Å². The summed E-state index contributed by atoms with van der Waals surface area (Å²) in [6.45, 7) is 0.376. The van der Waals surface area contributed by atoms with Gasteiger partial charge in [0.05, 0.1) is 6.20 Å². The van der Waals surface area contributed by atoms with Gasteiger partial charge in [-0.15, -0.1) is 5.10 Å². The Balaban J connectivity index is 2.23. The van der Waals surface area contributed by atoms with E-state index >= 15 is 0 Å². The molecule has 4 nitrogen and oxygen atoms in total. The minimum absolute atomic E-state index is 0.376. The van der Waals surface area contributed by atoms with Crippen molar-refractivity contribution < 1.29 is 4.74 Å². The highest BCUT2D eigenvalue weighted by atomic mass is 79.9. The average Bonchev–Trinajstić information content (AvgIpc) is 2.33. The van der Waals surface area contributed by atoms with Crippen molar-refractivity contribution in [1.82, 2.24) is 10.2 Å². The van der Waals surface area contributed by atoms with Crippen molar-refractivity contribution in [3.63, 3.8) is 0 Å². The van der Waals surface area contributed by atoms with Crippen LogP contribution in [-0.4, -0.2) is 10.2 Å². The van der Waals surface area contributed by atoms with Crippen LogP contribution in [-0.2, 0) is 6.54 Å². The van der Waals surface area contributed by atoms with Crippen LogP contribution in [0.2, 0.25) is 0 Å². The maximum absolute atomic E-state index is 5.58. The molecule has 0 fully saturated rings. The number of nitrogens with two attached hydrogens (primary N) is 1. The van der Waals surface area contributed by atoms with Gasteiger partial charge in [0, 0.05) is 16.6 Å². The monoisotopic (exact) mass is 279 g/mol. The highest BCUT2D eigenvalue weighted by Gasteiger charge is 2.04. The second kappa shape index (κ2) is 5.05. The standard InChI is InChI=1S/C11H10BrN3O/c12-9-1-3-10(4-2-9)16-11-8(7-13)5-6-14-15-11/h1-6H,7,13H2. The molecule has 0 amide bonds. The Morgan fingerprint density at radius 1 is 1.19 bits per heavy atom. The molecule has 2 rings (SSSR count). The summed E-state index contributed by atoms with van der Waals surface area (Å²) in [5, 5.41) is 7.67. The molecule has 0 radical (unpaired) electrons. The highest BCUT2D eigenvalue weighted by Crippen LogP contribution is 2.23. The molecule has 5 heteroatoms. The van der Waals surface area contributed by atoms with E-state index in [0.717, 1.165) is 10.0 Å². The molecule has 2 N–H and O–H groups in total. The number of hydrogen-bond acceptors (Lipinski definition) is 4. The van der Waals surface area contributed by atoms with Crippen LogP contribution in [0.1, 0.15) is 5.56 Å². The molecule has 0 unspecified atom stereocenters. The lowest BCUT2D eigenvalue weighted by Crippen LogP contribution is -2.01. The van der Waals surface area contributed by atoms with Gasteiger partial charge in [0.2, 0.25) is 5.88 Å². The maximum Gasteiger partial charge on any atom is 0.243 e. The molecule has 82 valence electrons. The van der Waals surface area contributed by atoms with Gasteiger partial charge in [0.15, 0.2) is 0 Å². The Bertz CT molecular complexity index is 473. The van der Waals surface area contributed by atoms with Crippen LogP contribution in [0.5, 0.6) is 11.6 Å². The molecular weight excluding hydrogens is 270 g/mol. The first-order valence-electron chi connectivity index (χ1n) is 4.73. The highest BCUT2D eigenvalue weighted by molar-refractivity contribution is 9.10. The number of rotatable bonds is 3. The fraction of sp³-hybridized carbons (Fsp3) is 0.0909. The molecule has 0 atom stereocenters. The number of halogens is 1. The Morgan fingerprint density at radius 2 is 1.94 bits per heavy atom. The minimum atomic E-state index is 0.376.